The normalized spacial score (nSPS) is 18.2. The summed E-state index contributed by atoms with van der Waals surface area (Å²) in [6, 6.07) is 13.8. The fraction of sp³-hybridized carbons (Fsp3) is 0.263. The highest BCUT2D eigenvalue weighted by molar-refractivity contribution is 6.35. The first kappa shape index (κ1) is 17.6. The number of hydrogen-bond acceptors (Lipinski definition) is 2. The van der Waals surface area contributed by atoms with Crippen molar-refractivity contribution >= 4 is 41.2 Å². The van der Waals surface area contributed by atoms with Gasteiger partial charge in [0.05, 0.1) is 0 Å². The Kier molecular flexibility index (Phi) is 5.12. The average Bonchev–Trinajstić information content (AvgIpc) is 2.55. The maximum absolute atomic E-state index is 6.48. The number of rotatable bonds is 1. The Labute approximate surface area is 158 Å². The Bertz CT molecular complexity index is 782. The second kappa shape index (κ2) is 6.97. The Morgan fingerprint density at radius 1 is 0.958 bits per heavy atom. The molecule has 4 rings (SSSR count). The monoisotopic (exact) mass is 381 g/mol. The molecule has 2 nitrogen and oxygen atoms in total. The first-order valence-corrected chi connectivity index (χ1v) is 8.60. The van der Waals surface area contributed by atoms with Crippen LogP contribution in [-0.4, -0.2) is 18.7 Å². The van der Waals surface area contributed by atoms with Crippen molar-refractivity contribution in [3.05, 3.63) is 69.7 Å². The predicted octanol–water partition coefficient (Wildman–Crippen LogP) is 5.36. The summed E-state index contributed by atoms with van der Waals surface area (Å²) >= 11 is 12.5. The molecule has 0 aliphatic carbocycles. The molecule has 0 saturated carbocycles. The average molecular weight is 383 g/mol. The summed E-state index contributed by atoms with van der Waals surface area (Å²) in [4.78, 5) is 0. The molecule has 126 valence electrons. The highest BCUT2D eigenvalue weighted by Crippen LogP contribution is 2.44. The number of fused-ring (bicyclic) bond motifs is 1. The molecule has 24 heavy (non-hydrogen) atoms. The maximum Gasteiger partial charge on any atom is 0.130 e. The van der Waals surface area contributed by atoms with Crippen molar-refractivity contribution in [1.82, 2.24) is 5.32 Å². The van der Waals surface area contributed by atoms with E-state index in [9.17, 15) is 0 Å². The quantitative estimate of drug-likeness (QED) is 0.716. The number of para-hydroxylation sites is 1. The van der Waals surface area contributed by atoms with Gasteiger partial charge < -0.3 is 10.1 Å². The van der Waals surface area contributed by atoms with Crippen LogP contribution in [0.4, 0.5) is 0 Å². The summed E-state index contributed by atoms with van der Waals surface area (Å²) in [6.45, 7) is 1.92. The van der Waals surface area contributed by atoms with Crippen LogP contribution in [0.3, 0.4) is 0 Å². The lowest BCUT2D eigenvalue weighted by Crippen LogP contribution is -2.46. The van der Waals surface area contributed by atoms with Gasteiger partial charge in [-0.2, -0.15) is 0 Å². The Balaban J connectivity index is 0.00000169. The molecule has 1 saturated heterocycles. The third kappa shape index (κ3) is 3.16. The van der Waals surface area contributed by atoms with Crippen LogP contribution in [0.5, 0.6) is 5.75 Å². The summed E-state index contributed by atoms with van der Waals surface area (Å²) in [6.07, 6.45) is 4.16. The summed E-state index contributed by atoms with van der Waals surface area (Å²) in [7, 11) is 0. The highest BCUT2D eigenvalue weighted by Gasteiger charge is 2.37. The molecule has 0 aromatic heterocycles. The van der Waals surface area contributed by atoms with Crippen molar-refractivity contribution in [2.75, 3.05) is 13.1 Å². The van der Waals surface area contributed by atoms with E-state index in [4.69, 9.17) is 27.9 Å². The Morgan fingerprint density at radius 2 is 1.71 bits per heavy atom. The van der Waals surface area contributed by atoms with E-state index >= 15 is 0 Å². The molecule has 2 aliphatic heterocycles. The van der Waals surface area contributed by atoms with Gasteiger partial charge in [-0.15, -0.1) is 12.4 Å². The van der Waals surface area contributed by atoms with Crippen LogP contribution in [0.15, 0.2) is 48.5 Å². The fourth-order valence-corrected chi connectivity index (χ4v) is 3.90. The smallest absolute Gasteiger partial charge is 0.130 e. The molecule has 1 N–H and O–H groups in total. The van der Waals surface area contributed by atoms with Gasteiger partial charge in [-0.1, -0.05) is 47.5 Å². The van der Waals surface area contributed by atoms with E-state index in [2.05, 4.69) is 17.5 Å². The first-order valence-electron chi connectivity index (χ1n) is 7.84. The van der Waals surface area contributed by atoms with Crippen LogP contribution < -0.4 is 10.1 Å². The SMILES string of the molecule is Cl.Clc1ccc(C2=CC3(CCNCC3)Oc3ccccc32)c(Cl)c1. The molecule has 1 spiro atoms. The minimum atomic E-state index is -0.252. The van der Waals surface area contributed by atoms with Gasteiger partial charge in [0, 0.05) is 34.0 Å². The molecule has 2 aromatic carbocycles. The van der Waals surface area contributed by atoms with Crippen LogP contribution >= 0.6 is 35.6 Å². The molecule has 0 atom stereocenters. The van der Waals surface area contributed by atoms with Gasteiger partial charge in [0.2, 0.25) is 0 Å². The number of ether oxygens (including phenoxy) is 1. The third-order valence-electron chi connectivity index (χ3n) is 4.57. The Hall–Kier alpha value is -1.19. The van der Waals surface area contributed by atoms with Crippen molar-refractivity contribution in [2.24, 2.45) is 0 Å². The number of benzene rings is 2. The van der Waals surface area contributed by atoms with Crippen LogP contribution in [0.1, 0.15) is 24.0 Å². The van der Waals surface area contributed by atoms with Gasteiger partial charge >= 0.3 is 0 Å². The van der Waals surface area contributed by atoms with Crippen molar-refractivity contribution in [3.8, 4) is 5.75 Å². The molecule has 2 aromatic rings. The molecule has 0 amide bonds. The minimum Gasteiger partial charge on any atom is -0.482 e. The minimum absolute atomic E-state index is 0. The molecular weight excluding hydrogens is 365 g/mol. The van der Waals surface area contributed by atoms with E-state index in [1.807, 2.05) is 30.3 Å². The molecule has 0 unspecified atom stereocenters. The van der Waals surface area contributed by atoms with E-state index in [0.29, 0.717) is 10.0 Å². The topological polar surface area (TPSA) is 21.3 Å². The zero-order valence-electron chi connectivity index (χ0n) is 13.0. The van der Waals surface area contributed by atoms with Crippen LogP contribution in [0.25, 0.3) is 5.57 Å². The number of hydrogen-bond donors (Lipinski definition) is 1. The largest absolute Gasteiger partial charge is 0.482 e. The summed E-state index contributed by atoms with van der Waals surface area (Å²) in [5.41, 5.74) is 2.97. The predicted molar refractivity (Wildman–Crippen MR) is 103 cm³/mol. The van der Waals surface area contributed by atoms with Crippen molar-refractivity contribution in [1.29, 1.82) is 0 Å². The number of halogens is 3. The lowest BCUT2D eigenvalue weighted by molar-refractivity contribution is 0.0817. The van der Waals surface area contributed by atoms with E-state index in [-0.39, 0.29) is 18.0 Å². The zero-order valence-corrected chi connectivity index (χ0v) is 15.3. The van der Waals surface area contributed by atoms with Crippen molar-refractivity contribution in [2.45, 2.75) is 18.4 Å². The van der Waals surface area contributed by atoms with Gasteiger partial charge in [0.25, 0.3) is 0 Å². The molecule has 2 heterocycles. The van der Waals surface area contributed by atoms with Crippen molar-refractivity contribution < 1.29 is 4.74 Å². The van der Waals surface area contributed by atoms with Gasteiger partial charge in [0.1, 0.15) is 11.4 Å². The molecule has 5 heteroatoms. The highest BCUT2D eigenvalue weighted by atomic mass is 35.5. The fourth-order valence-electron chi connectivity index (χ4n) is 3.39. The van der Waals surface area contributed by atoms with Crippen LogP contribution in [-0.2, 0) is 0 Å². The molecule has 0 bridgehead atoms. The number of nitrogens with one attached hydrogen (secondary N) is 1. The second-order valence-electron chi connectivity index (χ2n) is 6.10. The molecular formula is C19H18Cl3NO. The lowest BCUT2D eigenvalue weighted by atomic mass is 9.83. The van der Waals surface area contributed by atoms with E-state index in [0.717, 1.165) is 48.4 Å². The standard InChI is InChI=1S/C19H17Cl2NO.ClH/c20-13-5-6-14(17(21)11-13)16-12-19(7-9-22-10-8-19)23-18-4-2-1-3-15(16)18;/h1-6,11-12,22H,7-10H2;1H. The summed E-state index contributed by atoms with van der Waals surface area (Å²) in [5.74, 6) is 0.929. The first-order chi connectivity index (χ1) is 11.2. The summed E-state index contributed by atoms with van der Waals surface area (Å²) < 4.78 is 6.39. The zero-order chi connectivity index (χ0) is 15.9. The molecule has 1 fully saturated rings. The lowest BCUT2D eigenvalue weighted by Gasteiger charge is -2.40. The molecule has 0 radical (unpaired) electrons. The molecule has 2 aliphatic rings. The van der Waals surface area contributed by atoms with Crippen LogP contribution in [0, 0.1) is 0 Å². The van der Waals surface area contributed by atoms with Crippen molar-refractivity contribution in [3.63, 3.8) is 0 Å². The summed E-state index contributed by atoms with van der Waals surface area (Å²) in [5, 5.41) is 4.72. The maximum atomic E-state index is 6.48. The third-order valence-corrected chi connectivity index (χ3v) is 5.12. The van der Waals surface area contributed by atoms with Gasteiger partial charge in [-0.25, -0.2) is 0 Å². The number of piperidine rings is 1. The van der Waals surface area contributed by atoms with Gasteiger partial charge in [-0.05, 0) is 42.9 Å². The van der Waals surface area contributed by atoms with Gasteiger partial charge in [-0.3, -0.25) is 0 Å². The van der Waals surface area contributed by atoms with E-state index in [1.54, 1.807) is 6.07 Å². The van der Waals surface area contributed by atoms with E-state index in [1.165, 1.54) is 0 Å². The second-order valence-corrected chi connectivity index (χ2v) is 6.94. The van der Waals surface area contributed by atoms with E-state index < -0.39 is 0 Å². The van der Waals surface area contributed by atoms with Gasteiger partial charge in [0.15, 0.2) is 0 Å². The Morgan fingerprint density at radius 3 is 2.46 bits per heavy atom. The van der Waals surface area contributed by atoms with Crippen LogP contribution in [0.2, 0.25) is 10.0 Å².